The van der Waals surface area contributed by atoms with Gasteiger partial charge in [0.05, 0.1) is 18.8 Å². The standard InChI is InChI=1S/C15H13BrN2O/c1-19-14-6-2-11(3-7-14)8-15-17-9-13-5-4-12(16)10-18(13)15/h2-7,9-10H,8H2,1H3. The van der Waals surface area contributed by atoms with E-state index in [1.165, 1.54) is 5.56 Å². The van der Waals surface area contributed by atoms with Crippen molar-refractivity contribution in [2.75, 3.05) is 7.11 Å². The largest absolute Gasteiger partial charge is 0.497 e. The molecule has 0 fully saturated rings. The third kappa shape index (κ3) is 2.49. The van der Waals surface area contributed by atoms with Gasteiger partial charge in [0.15, 0.2) is 0 Å². The zero-order valence-corrected chi connectivity index (χ0v) is 12.1. The van der Waals surface area contributed by atoms with Gasteiger partial charge in [0.1, 0.15) is 11.6 Å². The Labute approximate surface area is 120 Å². The molecule has 0 atom stereocenters. The molecule has 0 unspecified atom stereocenters. The van der Waals surface area contributed by atoms with Gasteiger partial charge in [-0.2, -0.15) is 0 Å². The Balaban J connectivity index is 1.93. The number of fused-ring (bicyclic) bond motifs is 1. The molecular weight excluding hydrogens is 304 g/mol. The lowest BCUT2D eigenvalue weighted by molar-refractivity contribution is 0.414. The van der Waals surface area contributed by atoms with Crippen molar-refractivity contribution in [3.05, 3.63) is 64.7 Å². The molecule has 0 amide bonds. The Hall–Kier alpha value is -1.81. The van der Waals surface area contributed by atoms with E-state index in [9.17, 15) is 0 Å². The van der Waals surface area contributed by atoms with Crippen LogP contribution < -0.4 is 4.74 Å². The van der Waals surface area contributed by atoms with E-state index in [4.69, 9.17) is 4.74 Å². The maximum Gasteiger partial charge on any atom is 0.118 e. The minimum atomic E-state index is 0.800. The monoisotopic (exact) mass is 316 g/mol. The minimum Gasteiger partial charge on any atom is -0.497 e. The summed E-state index contributed by atoms with van der Waals surface area (Å²) in [4.78, 5) is 4.49. The van der Waals surface area contributed by atoms with E-state index in [0.29, 0.717) is 0 Å². The number of rotatable bonds is 3. The molecule has 2 aromatic heterocycles. The van der Waals surface area contributed by atoms with Crippen LogP contribution in [0.15, 0.2) is 53.3 Å². The molecule has 0 radical (unpaired) electrons. The average Bonchev–Trinajstić information content (AvgIpc) is 2.82. The second-order valence-electron chi connectivity index (χ2n) is 4.34. The second kappa shape index (κ2) is 5.05. The number of aromatic nitrogens is 2. The van der Waals surface area contributed by atoms with Crippen LogP contribution in [0.25, 0.3) is 5.52 Å². The quantitative estimate of drug-likeness (QED) is 0.736. The third-order valence-corrected chi connectivity index (χ3v) is 3.56. The predicted molar refractivity (Wildman–Crippen MR) is 78.7 cm³/mol. The van der Waals surface area contributed by atoms with Crippen LogP contribution in [0, 0.1) is 0 Å². The van der Waals surface area contributed by atoms with Gasteiger partial charge in [-0.05, 0) is 45.8 Å². The summed E-state index contributed by atoms with van der Waals surface area (Å²) in [5, 5.41) is 0. The van der Waals surface area contributed by atoms with Gasteiger partial charge in [0.25, 0.3) is 0 Å². The number of ether oxygens (including phenoxy) is 1. The molecule has 2 heterocycles. The molecule has 0 saturated carbocycles. The number of hydrogen-bond donors (Lipinski definition) is 0. The fraction of sp³-hybridized carbons (Fsp3) is 0.133. The first-order valence-electron chi connectivity index (χ1n) is 6.01. The highest BCUT2D eigenvalue weighted by atomic mass is 79.9. The summed E-state index contributed by atoms with van der Waals surface area (Å²) in [7, 11) is 1.68. The lowest BCUT2D eigenvalue weighted by atomic mass is 10.1. The van der Waals surface area contributed by atoms with Gasteiger partial charge >= 0.3 is 0 Å². The van der Waals surface area contributed by atoms with E-state index in [-0.39, 0.29) is 0 Å². The smallest absolute Gasteiger partial charge is 0.118 e. The average molecular weight is 317 g/mol. The van der Waals surface area contributed by atoms with Gasteiger partial charge in [-0.25, -0.2) is 4.98 Å². The molecule has 0 bridgehead atoms. The number of benzene rings is 1. The molecule has 1 aromatic carbocycles. The summed E-state index contributed by atoms with van der Waals surface area (Å²) in [5.74, 6) is 1.90. The van der Waals surface area contributed by atoms with Crippen molar-refractivity contribution >= 4 is 21.4 Å². The zero-order chi connectivity index (χ0) is 13.2. The Kier molecular flexibility index (Phi) is 3.25. The lowest BCUT2D eigenvalue weighted by Gasteiger charge is -2.04. The van der Waals surface area contributed by atoms with Crippen LogP contribution in [0.1, 0.15) is 11.4 Å². The first-order chi connectivity index (χ1) is 9.26. The van der Waals surface area contributed by atoms with Crippen LogP contribution in [0.2, 0.25) is 0 Å². The maximum absolute atomic E-state index is 5.16. The molecule has 96 valence electrons. The van der Waals surface area contributed by atoms with Gasteiger partial charge in [-0.1, -0.05) is 12.1 Å². The first kappa shape index (κ1) is 12.2. The van der Waals surface area contributed by atoms with E-state index in [0.717, 1.165) is 28.0 Å². The van der Waals surface area contributed by atoms with Crippen molar-refractivity contribution in [2.45, 2.75) is 6.42 Å². The number of pyridine rings is 1. The van der Waals surface area contributed by atoms with Gasteiger partial charge in [-0.15, -0.1) is 0 Å². The molecule has 0 aliphatic rings. The second-order valence-corrected chi connectivity index (χ2v) is 5.26. The molecule has 0 aliphatic heterocycles. The summed E-state index contributed by atoms with van der Waals surface area (Å²) in [6, 6.07) is 12.2. The summed E-state index contributed by atoms with van der Waals surface area (Å²) in [5.41, 5.74) is 2.32. The Morgan fingerprint density at radius 2 is 1.95 bits per heavy atom. The molecule has 4 heteroatoms. The topological polar surface area (TPSA) is 26.5 Å². The van der Waals surface area contributed by atoms with E-state index < -0.39 is 0 Å². The SMILES string of the molecule is COc1ccc(Cc2ncc3ccc(Br)cn23)cc1. The molecule has 3 nitrogen and oxygen atoms in total. The van der Waals surface area contributed by atoms with Crippen LogP contribution in [0.3, 0.4) is 0 Å². The lowest BCUT2D eigenvalue weighted by Crippen LogP contribution is -1.96. The van der Waals surface area contributed by atoms with E-state index in [2.05, 4.69) is 43.5 Å². The fourth-order valence-corrected chi connectivity index (χ4v) is 2.41. The van der Waals surface area contributed by atoms with Crippen LogP contribution in [0.5, 0.6) is 5.75 Å². The minimum absolute atomic E-state index is 0.800. The zero-order valence-electron chi connectivity index (χ0n) is 10.5. The number of imidazole rings is 1. The van der Waals surface area contributed by atoms with Crippen LogP contribution in [0.4, 0.5) is 0 Å². The summed E-state index contributed by atoms with van der Waals surface area (Å²) >= 11 is 3.49. The molecule has 0 spiro atoms. The molecular formula is C15H13BrN2O. The van der Waals surface area contributed by atoms with Crippen molar-refractivity contribution in [3.63, 3.8) is 0 Å². The summed E-state index contributed by atoms with van der Waals surface area (Å²) < 4.78 is 8.32. The maximum atomic E-state index is 5.16. The number of methoxy groups -OCH3 is 1. The number of hydrogen-bond acceptors (Lipinski definition) is 2. The predicted octanol–water partition coefficient (Wildman–Crippen LogP) is 3.70. The van der Waals surface area contributed by atoms with E-state index in [1.807, 2.05) is 30.6 Å². The van der Waals surface area contributed by atoms with Crippen LogP contribution in [-0.4, -0.2) is 16.5 Å². The Morgan fingerprint density at radius 1 is 1.16 bits per heavy atom. The van der Waals surface area contributed by atoms with Crippen molar-refractivity contribution < 1.29 is 4.74 Å². The molecule has 3 rings (SSSR count). The van der Waals surface area contributed by atoms with Crippen molar-refractivity contribution in [3.8, 4) is 5.75 Å². The fourth-order valence-electron chi connectivity index (χ4n) is 2.07. The number of nitrogens with zero attached hydrogens (tertiary/aromatic N) is 2. The van der Waals surface area contributed by atoms with Gasteiger partial charge < -0.3 is 9.14 Å². The first-order valence-corrected chi connectivity index (χ1v) is 6.80. The molecule has 0 aliphatic carbocycles. The van der Waals surface area contributed by atoms with Crippen LogP contribution in [-0.2, 0) is 6.42 Å². The Bertz CT molecular complexity index is 704. The van der Waals surface area contributed by atoms with Crippen molar-refractivity contribution in [2.24, 2.45) is 0 Å². The molecule has 3 aromatic rings. The highest BCUT2D eigenvalue weighted by Gasteiger charge is 2.05. The van der Waals surface area contributed by atoms with Crippen molar-refractivity contribution in [1.29, 1.82) is 0 Å². The Morgan fingerprint density at radius 3 is 2.68 bits per heavy atom. The van der Waals surface area contributed by atoms with Crippen molar-refractivity contribution in [1.82, 2.24) is 9.38 Å². The van der Waals surface area contributed by atoms with E-state index in [1.54, 1.807) is 7.11 Å². The molecule has 0 N–H and O–H groups in total. The molecule has 0 saturated heterocycles. The highest BCUT2D eigenvalue weighted by molar-refractivity contribution is 9.10. The summed E-state index contributed by atoms with van der Waals surface area (Å²) in [6.45, 7) is 0. The summed E-state index contributed by atoms with van der Waals surface area (Å²) in [6.07, 6.45) is 4.74. The van der Waals surface area contributed by atoms with Gasteiger partial charge in [-0.3, -0.25) is 0 Å². The third-order valence-electron chi connectivity index (χ3n) is 3.09. The number of halogens is 1. The van der Waals surface area contributed by atoms with E-state index >= 15 is 0 Å². The highest BCUT2D eigenvalue weighted by Crippen LogP contribution is 2.17. The van der Waals surface area contributed by atoms with Gasteiger partial charge in [0, 0.05) is 17.1 Å². The molecule has 19 heavy (non-hydrogen) atoms. The normalized spacial score (nSPS) is 10.8. The van der Waals surface area contributed by atoms with Crippen LogP contribution >= 0.6 is 15.9 Å². The van der Waals surface area contributed by atoms with Gasteiger partial charge in [0.2, 0.25) is 0 Å².